The maximum Gasteiger partial charge on any atom is 0.256 e. The summed E-state index contributed by atoms with van der Waals surface area (Å²) >= 11 is 12.2. The van der Waals surface area contributed by atoms with Gasteiger partial charge in [0.1, 0.15) is 12.2 Å². The second-order valence-electron chi connectivity index (χ2n) is 4.98. The molecule has 1 aromatic carbocycles. The molecule has 2 heterocycles. The Bertz CT molecular complexity index is 644. The van der Waals surface area contributed by atoms with E-state index in [1.165, 1.54) is 6.33 Å². The van der Waals surface area contributed by atoms with E-state index in [9.17, 15) is 4.79 Å². The molecule has 110 valence electrons. The van der Waals surface area contributed by atoms with Crippen LogP contribution in [0.25, 0.3) is 0 Å². The fraction of sp³-hybridized carbons (Fsp3) is 0.357. The molecule has 1 aliphatic heterocycles. The first kappa shape index (κ1) is 14.4. The van der Waals surface area contributed by atoms with Gasteiger partial charge in [-0.15, -0.1) is 0 Å². The summed E-state index contributed by atoms with van der Waals surface area (Å²) in [5.74, 6) is 0.588. The van der Waals surface area contributed by atoms with Crippen molar-refractivity contribution >= 4 is 29.1 Å². The van der Waals surface area contributed by atoms with Gasteiger partial charge in [-0.3, -0.25) is 9.89 Å². The summed E-state index contributed by atoms with van der Waals surface area (Å²) in [5.41, 5.74) is 0.426. The van der Waals surface area contributed by atoms with Gasteiger partial charge in [-0.25, -0.2) is 4.98 Å². The molecule has 0 saturated carbocycles. The van der Waals surface area contributed by atoms with Gasteiger partial charge in [-0.2, -0.15) is 5.10 Å². The van der Waals surface area contributed by atoms with Crippen molar-refractivity contribution in [3.63, 3.8) is 0 Å². The standard InChI is InChI=1S/C14H14Cl2N4O/c15-10-5-3-4-9(12(10)16)14(21)20-7-2-1-6-11(20)13-17-8-18-19-13/h3-5,8,11H,1-2,6-7H2,(H,17,18,19). The summed E-state index contributed by atoms with van der Waals surface area (Å²) in [6.07, 6.45) is 4.34. The highest BCUT2D eigenvalue weighted by Gasteiger charge is 2.31. The zero-order valence-electron chi connectivity index (χ0n) is 11.2. The lowest BCUT2D eigenvalue weighted by Crippen LogP contribution is -2.39. The van der Waals surface area contributed by atoms with Crippen LogP contribution in [0.3, 0.4) is 0 Å². The summed E-state index contributed by atoms with van der Waals surface area (Å²) in [6, 6.07) is 5.01. The van der Waals surface area contributed by atoms with E-state index in [2.05, 4.69) is 15.2 Å². The van der Waals surface area contributed by atoms with Crippen LogP contribution in [0.2, 0.25) is 10.0 Å². The molecule has 1 aromatic heterocycles. The first-order valence-electron chi connectivity index (χ1n) is 6.78. The third kappa shape index (κ3) is 2.76. The van der Waals surface area contributed by atoms with Gasteiger partial charge >= 0.3 is 0 Å². The van der Waals surface area contributed by atoms with E-state index in [-0.39, 0.29) is 11.9 Å². The van der Waals surface area contributed by atoms with E-state index in [1.807, 2.05) is 0 Å². The van der Waals surface area contributed by atoms with Gasteiger partial charge in [0, 0.05) is 6.54 Å². The minimum absolute atomic E-state index is 0.0937. The van der Waals surface area contributed by atoms with E-state index >= 15 is 0 Å². The number of hydrogen-bond acceptors (Lipinski definition) is 3. The van der Waals surface area contributed by atoms with Crippen LogP contribution in [0.4, 0.5) is 0 Å². The molecule has 0 bridgehead atoms. The highest BCUT2D eigenvalue weighted by Crippen LogP contribution is 2.33. The molecule has 2 aromatic rings. The topological polar surface area (TPSA) is 61.9 Å². The van der Waals surface area contributed by atoms with Crippen molar-refractivity contribution in [2.24, 2.45) is 0 Å². The van der Waals surface area contributed by atoms with Gasteiger partial charge in [0.05, 0.1) is 21.7 Å². The van der Waals surface area contributed by atoms with Gasteiger partial charge in [0.15, 0.2) is 0 Å². The minimum atomic E-state index is -0.122. The Hall–Kier alpha value is -1.59. The number of likely N-dealkylation sites (tertiary alicyclic amines) is 1. The largest absolute Gasteiger partial charge is 0.328 e. The molecule has 0 aliphatic carbocycles. The Balaban J connectivity index is 1.93. The van der Waals surface area contributed by atoms with E-state index < -0.39 is 0 Å². The summed E-state index contributed by atoms with van der Waals surface area (Å²) in [7, 11) is 0. The zero-order chi connectivity index (χ0) is 14.8. The number of hydrogen-bond donors (Lipinski definition) is 1. The number of aromatic nitrogens is 3. The number of amides is 1. The van der Waals surface area contributed by atoms with Gasteiger partial charge in [-0.1, -0.05) is 29.3 Å². The number of H-pyrrole nitrogens is 1. The maximum absolute atomic E-state index is 12.8. The van der Waals surface area contributed by atoms with Crippen molar-refractivity contribution in [2.75, 3.05) is 6.54 Å². The quantitative estimate of drug-likeness (QED) is 0.919. The van der Waals surface area contributed by atoms with Crippen molar-refractivity contribution in [1.82, 2.24) is 20.1 Å². The minimum Gasteiger partial charge on any atom is -0.328 e. The number of aromatic amines is 1. The molecule has 21 heavy (non-hydrogen) atoms. The fourth-order valence-corrected chi connectivity index (χ4v) is 3.04. The number of nitrogens with zero attached hydrogens (tertiary/aromatic N) is 3. The summed E-state index contributed by atoms with van der Waals surface area (Å²) in [5, 5.41) is 7.41. The van der Waals surface area contributed by atoms with Crippen LogP contribution in [0.15, 0.2) is 24.5 Å². The SMILES string of the molecule is O=C(c1cccc(Cl)c1Cl)N1CCCCC1c1ncn[nH]1. The lowest BCUT2D eigenvalue weighted by atomic mass is 10.00. The molecule has 1 saturated heterocycles. The lowest BCUT2D eigenvalue weighted by molar-refractivity contribution is 0.0600. The molecule has 5 nitrogen and oxygen atoms in total. The first-order chi connectivity index (χ1) is 10.2. The van der Waals surface area contributed by atoms with Gasteiger partial charge in [0.25, 0.3) is 5.91 Å². The van der Waals surface area contributed by atoms with Crippen LogP contribution < -0.4 is 0 Å². The average molecular weight is 325 g/mol. The molecule has 0 radical (unpaired) electrons. The van der Waals surface area contributed by atoms with E-state index in [4.69, 9.17) is 23.2 Å². The van der Waals surface area contributed by atoms with Crippen molar-refractivity contribution in [1.29, 1.82) is 0 Å². The number of benzene rings is 1. The second-order valence-corrected chi connectivity index (χ2v) is 5.77. The molecule has 1 unspecified atom stereocenters. The molecular weight excluding hydrogens is 311 g/mol. The number of carbonyl (C=O) groups is 1. The average Bonchev–Trinajstić information content (AvgIpc) is 3.03. The van der Waals surface area contributed by atoms with Crippen molar-refractivity contribution < 1.29 is 4.79 Å². The predicted octanol–water partition coefficient (Wildman–Crippen LogP) is 3.48. The number of nitrogens with one attached hydrogen (secondary N) is 1. The molecule has 1 amide bonds. The Morgan fingerprint density at radius 3 is 2.95 bits per heavy atom. The molecule has 1 aliphatic rings. The highest BCUT2D eigenvalue weighted by atomic mass is 35.5. The van der Waals surface area contributed by atoms with Crippen LogP contribution in [0.5, 0.6) is 0 Å². The number of halogens is 2. The van der Waals surface area contributed by atoms with E-state index in [1.54, 1.807) is 23.1 Å². The highest BCUT2D eigenvalue weighted by molar-refractivity contribution is 6.43. The fourth-order valence-electron chi connectivity index (χ4n) is 2.66. The van der Waals surface area contributed by atoms with E-state index in [0.29, 0.717) is 28.0 Å². The van der Waals surface area contributed by atoms with Crippen LogP contribution in [-0.2, 0) is 0 Å². The Labute approximate surface area is 132 Å². The number of piperidine rings is 1. The van der Waals surface area contributed by atoms with Crippen LogP contribution >= 0.6 is 23.2 Å². The molecular formula is C14H14Cl2N4O. The van der Waals surface area contributed by atoms with Crippen LogP contribution in [0, 0.1) is 0 Å². The van der Waals surface area contributed by atoms with Crippen LogP contribution in [-0.4, -0.2) is 32.5 Å². The van der Waals surface area contributed by atoms with Crippen molar-refractivity contribution in [2.45, 2.75) is 25.3 Å². The molecule has 1 atom stereocenters. The molecule has 1 N–H and O–H groups in total. The summed E-state index contributed by atoms with van der Waals surface area (Å²) in [4.78, 5) is 18.8. The monoisotopic (exact) mass is 324 g/mol. The molecule has 0 spiro atoms. The smallest absolute Gasteiger partial charge is 0.256 e. The van der Waals surface area contributed by atoms with Crippen LogP contribution in [0.1, 0.15) is 41.5 Å². The van der Waals surface area contributed by atoms with Crippen molar-refractivity contribution in [3.8, 4) is 0 Å². The first-order valence-corrected chi connectivity index (χ1v) is 7.54. The second kappa shape index (κ2) is 6.03. The normalized spacial score (nSPS) is 18.8. The molecule has 3 rings (SSSR count). The zero-order valence-corrected chi connectivity index (χ0v) is 12.7. The lowest BCUT2D eigenvalue weighted by Gasteiger charge is -2.34. The van der Waals surface area contributed by atoms with Gasteiger partial charge in [0.2, 0.25) is 0 Å². The van der Waals surface area contributed by atoms with Gasteiger partial charge < -0.3 is 4.90 Å². The summed E-state index contributed by atoms with van der Waals surface area (Å²) < 4.78 is 0. The Morgan fingerprint density at radius 2 is 2.19 bits per heavy atom. The third-order valence-electron chi connectivity index (χ3n) is 3.69. The molecule has 1 fully saturated rings. The maximum atomic E-state index is 12.8. The third-order valence-corrected chi connectivity index (χ3v) is 4.51. The number of rotatable bonds is 2. The molecule has 7 heteroatoms. The Kier molecular flexibility index (Phi) is 4.12. The van der Waals surface area contributed by atoms with Gasteiger partial charge in [-0.05, 0) is 31.4 Å². The summed E-state index contributed by atoms with van der Waals surface area (Å²) in [6.45, 7) is 0.674. The number of carbonyl (C=O) groups excluding carboxylic acids is 1. The predicted molar refractivity (Wildman–Crippen MR) is 80.5 cm³/mol. The Morgan fingerprint density at radius 1 is 1.33 bits per heavy atom. The van der Waals surface area contributed by atoms with E-state index in [0.717, 1.165) is 19.3 Å². The van der Waals surface area contributed by atoms with Crippen molar-refractivity contribution in [3.05, 3.63) is 46.0 Å².